The van der Waals surface area contributed by atoms with Crippen molar-refractivity contribution in [3.63, 3.8) is 0 Å². The molecule has 0 spiro atoms. The Morgan fingerprint density at radius 1 is 1.19 bits per heavy atom. The van der Waals surface area contributed by atoms with Crippen LogP contribution in [0.4, 0.5) is 4.39 Å². The van der Waals surface area contributed by atoms with Crippen LogP contribution in [-0.4, -0.2) is 29.7 Å². The van der Waals surface area contributed by atoms with Crippen molar-refractivity contribution in [3.05, 3.63) is 0 Å². The summed E-state index contributed by atoms with van der Waals surface area (Å²) in [6.45, 7) is 8.81. The van der Waals surface area contributed by atoms with E-state index in [-0.39, 0.29) is 11.0 Å². The Balaban J connectivity index is 2.02. The summed E-state index contributed by atoms with van der Waals surface area (Å²) in [4.78, 5) is 2.52. The van der Waals surface area contributed by atoms with Crippen molar-refractivity contribution in [1.82, 2.24) is 4.90 Å². The van der Waals surface area contributed by atoms with E-state index in [4.69, 9.17) is 0 Å². The lowest BCUT2D eigenvalue weighted by molar-refractivity contribution is -0.0502. The summed E-state index contributed by atoms with van der Waals surface area (Å²) in [5, 5.41) is 0. The lowest BCUT2D eigenvalue weighted by Gasteiger charge is -2.55. The van der Waals surface area contributed by atoms with E-state index in [2.05, 4.69) is 25.7 Å². The Hall–Kier alpha value is -0.110. The first-order valence-corrected chi connectivity index (χ1v) is 6.82. The predicted molar refractivity (Wildman–Crippen MR) is 64.1 cm³/mol. The number of hydrogen-bond acceptors (Lipinski definition) is 1. The molecule has 1 nitrogen and oxygen atoms in total. The molecule has 3 rings (SSSR count). The maximum Gasteiger partial charge on any atom is 0.115 e. The Bertz CT molecular complexity index is 296. The molecule has 3 aliphatic rings. The molecule has 0 aromatic heterocycles. The van der Waals surface area contributed by atoms with Gasteiger partial charge >= 0.3 is 0 Å². The number of alkyl halides is 1. The molecular weight excluding hydrogens is 201 g/mol. The molecule has 4 unspecified atom stereocenters. The van der Waals surface area contributed by atoms with Crippen LogP contribution in [0.5, 0.6) is 0 Å². The molecule has 0 aromatic rings. The van der Waals surface area contributed by atoms with Crippen LogP contribution in [0.1, 0.15) is 46.5 Å². The fraction of sp³-hybridized carbons (Fsp3) is 1.00. The molecule has 2 heterocycles. The molecule has 3 fully saturated rings. The van der Waals surface area contributed by atoms with Gasteiger partial charge in [0.25, 0.3) is 0 Å². The minimum absolute atomic E-state index is 0.166. The lowest BCUT2D eigenvalue weighted by Crippen LogP contribution is -2.60. The minimum Gasteiger partial charge on any atom is -0.294 e. The average Bonchev–Trinajstić information content (AvgIpc) is 2.69. The molecular formula is C14H24FN. The molecule has 2 heteroatoms. The highest BCUT2D eigenvalue weighted by Crippen LogP contribution is 2.58. The standard InChI is InChI=1S/C14H24FN/c1-13(2,3)14-7-12(15)9-16(14)8-10-4-5-11(14)6-10/h10-12H,4-9H2,1-3H3. The smallest absolute Gasteiger partial charge is 0.115 e. The highest BCUT2D eigenvalue weighted by atomic mass is 19.1. The van der Waals surface area contributed by atoms with Gasteiger partial charge in [-0.05, 0) is 42.9 Å². The van der Waals surface area contributed by atoms with E-state index in [1.165, 1.54) is 19.3 Å². The van der Waals surface area contributed by atoms with Crippen molar-refractivity contribution >= 4 is 0 Å². The van der Waals surface area contributed by atoms with E-state index in [1.54, 1.807) is 0 Å². The summed E-state index contributed by atoms with van der Waals surface area (Å²) in [6.07, 6.45) is 4.29. The van der Waals surface area contributed by atoms with Gasteiger partial charge in [-0.25, -0.2) is 4.39 Å². The van der Waals surface area contributed by atoms with Crippen LogP contribution in [0, 0.1) is 17.3 Å². The molecule has 2 aliphatic heterocycles. The molecule has 4 atom stereocenters. The molecule has 92 valence electrons. The van der Waals surface area contributed by atoms with Crippen molar-refractivity contribution in [2.45, 2.75) is 58.2 Å². The fourth-order valence-electron chi connectivity index (χ4n) is 4.97. The predicted octanol–water partition coefficient (Wildman–Crippen LogP) is 3.25. The minimum atomic E-state index is -0.585. The molecule has 16 heavy (non-hydrogen) atoms. The molecule has 0 radical (unpaired) electrons. The molecule has 0 aromatic carbocycles. The molecule has 0 amide bonds. The SMILES string of the molecule is CC(C)(C)C12CC(F)CN1CC1CCC2C1. The second-order valence-corrected chi connectivity index (χ2v) is 7.26. The zero-order chi connectivity index (χ0) is 11.6. The van der Waals surface area contributed by atoms with Gasteiger partial charge in [-0.3, -0.25) is 4.90 Å². The molecule has 1 saturated carbocycles. The third-order valence-corrected chi connectivity index (χ3v) is 5.51. The first-order chi connectivity index (χ1) is 7.43. The van der Waals surface area contributed by atoms with Gasteiger partial charge in [-0.15, -0.1) is 0 Å². The highest BCUT2D eigenvalue weighted by molar-refractivity contribution is 5.14. The average molecular weight is 225 g/mol. The Morgan fingerprint density at radius 3 is 2.62 bits per heavy atom. The summed E-state index contributed by atoms with van der Waals surface area (Å²) in [5.74, 6) is 1.62. The maximum atomic E-state index is 13.9. The topological polar surface area (TPSA) is 3.24 Å². The molecule has 0 N–H and O–H groups in total. The summed E-state index contributed by atoms with van der Waals surface area (Å²) < 4.78 is 13.9. The lowest BCUT2D eigenvalue weighted by atomic mass is 9.62. The second-order valence-electron chi connectivity index (χ2n) is 7.26. The van der Waals surface area contributed by atoms with Gasteiger partial charge in [0.1, 0.15) is 6.17 Å². The largest absolute Gasteiger partial charge is 0.294 e. The highest BCUT2D eigenvalue weighted by Gasteiger charge is 2.61. The van der Waals surface area contributed by atoms with Crippen LogP contribution in [0.15, 0.2) is 0 Å². The second kappa shape index (κ2) is 3.22. The first kappa shape index (κ1) is 11.0. The Kier molecular flexibility index (Phi) is 2.21. The third-order valence-electron chi connectivity index (χ3n) is 5.51. The van der Waals surface area contributed by atoms with E-state index in [0.717, 1.165) is 24.8 Å². The molecule has 1 aliphatic carbocycles. The van der Waals surface area contributed by atoms with Crippen molar-refractivity contribution in [1.29, 1.82) is 0 Å². The fourth-order valence-corrected chi connectivity index (χ4v) is 4.97. The number of halogens is 1. The third kappa shape index (κ3) is 1.25. The molecule has 2 saturated heterocycles. The summed E-state index contributed by atoms with van der Waals surface area (Å²) in [5.41, 5.74) is 0.382. The maximum absolute atomic E-state index is 13.9. The Morgan fingerprint density at radius 2 is 1.94 bits per heavy atom. The number of nitrogens with zero attached hydrogens (tertiary/aromatic N) is 1. The first-order valence-electron chi connectivity index (χ1n) is 6.82. The van der Waals surface area contributed by atoms with Gasteiger partial charge in [-0.2, -0.15) is 0 Å². The van der Waals surface area contributed by atoms with E-state index in [9.17, 15) is 4.39 Å². The number of piperidine rings is 1. The normalized spacial score (nSPS) is 48.4. The van der Waals surface area contributed by atoms with Gasteiger partial charge in [0.15, 0.2) is 0 Å². The van der Waals surface area contributed by atoms with Crippen LogP contribution in [-0.2, 0) is 0 Å². The Labute approximate surface area is 98.4 Å². The van der Waals surface area contributed by atoms with Gasteiger partial charge in [0.2, 0.25) is 0 Å². The van der Waals surface area contributed by atoms with Gasteiger partial charge < -0.3 is 0 Å². The van der Waals surface area contributed by atoms with Crippen LogP contribution >= 0.6 is 0 Å². The monoisotopic (exact) mass is 225 g/mol. The van der Waals surface area contributed by atoms with Crippen molar-refractivity contribution in [3.8, 4) is 0 Å². The van der Waals surface area contributed by atoms with Crippen LogP contribution < -0.4 is 0 Å². The summed E-state index contributed by atoms with van der Waals surface area (Å²) >= 11 is 0. The van der Waals surface area contributed by atoms with Crippen LogP contribution in [0.3, 0.4) is 0 Å². The van der Waals surface area contributed by atoms with Crippen molar-refractivity contribution in [2.24, 2.45) is 17.3 Å². The van der Waals surface area contributed by atoms with Crippen LogP contribution in [0.25, 0.3) is 0 Å². The molecule has 2 bridgehead atoms. The number of hydrogen-bond donors (Lipinski definition) is 0. The van der Waals surface area contributed by atoms with Crippen molar-refractivity contribution < 1.29 is 4.39 Å². The summed E-state index contributed by atoms with van der Waals surface area (Å²) in [6, 6.07) is 0. The van der Waals surface area contributed by atoms with Gasteiger partial charge in [0.05, 0.1) is 0 Å². The zero-order valence-corrected chi connectivity index (χ0v) is 10.8. The van der Waals surface area contributed by atoms with E-state index in [1.807, 2.05) is 0 Å². The van der Waals surface area contributed by atoms with E-state index >= 15 is 0 Å². The van der Waals surface area contributed by atoms with Crippen LogP contribution in [0.2, 0.25) is 0 Å². The van der Waals surface area contributed by atoms with Crippen molar-refractivity contribution in [2.75, 3.05) is 13.1 Å². The summed E-state index contributed by atoms with van der Waals surface area (Å²) in [7, 11) is 0. The zero-order valence-electron chi connectivity index (χ0n) is 10.8. The number of fused-ring (bicyclic) bond motifs is 4. The number of rotatable bonds is 0. The van der Waals surface area contributed by atoms with Gasteiger partial charge in [-0.1, -0.05) is 20.8 Å². The van der Waals surface area contributed by atoms with E-state index in [0.29, 0.717) is 6.54 Å². The van der Waals surface area contributed by atoms with Gasteiger partial charge in [0, 0.05) is 18.6 Å². The van der Waals surface area contributed by atoms with E-state index < -0.39 is 6.17 Å². The quantitative estimate of drug-likeness (QED) is 0.611.